The molecule has 0 spiro atoms. The first-order chi connectivity index (χ1) is 11.5. The van der Waals surface area contributed by atoms with Gasteiger partial charge in [-0.3, -0.25) is 4.79 Å². The van der Waals surface area contributed by atoms with Gasteiger partial charge in [-0.1, -0.05) is 23.7 Å². The number of hydrogen-bond acceptors (Lipinski definition) is 4. The zero-order valence-corrected chi connectivity index (χ0v) is 14.1. The molecule has 1 heterocycles. The second kappa shape index (κ2) is 6.53. The highest BCUT2D eigenvalue weighted by Crippen LogP contribution is 2.35. The predicted octanol–water partition coefficient (Wildman–Crippen LogP) is 3.75. The highest BCUT2D eigenvalue weighted by atomic mass is 35.5. The number of aromatic hydroxyl groups is 1. The van der Waals surface area contributed by atoms with Crippen molar-refractivity contribution in [2.75, 3.05) is 7.11 Å². The van der Waals surface area contributed by atoms with E-state index in [1.165, 1.54) is 19.0 Å². The van der Waals surface area contributed by atoms with Gasteiger partial charge in [0.1, 0.15) is 0 Å². The standard InChI is InChI=1S/C18H17ClN2O3/c1-11(22)21-16(12-3-6-14(19)7-4-12)10-15(20-21)13-5-8-18(24-2)17(23)9-13/h3-9,16,23H,10H2,1-2H3/t16-/m1/s1. The Hall–Kier alpha value is -2.53. The van der Waals surface area contributed by atoms with Crippen LogP contribution in [0.15, 0.2) is 47.6 Å². The van der Waals surface area contributed by atoms with Gasteiger partial charge < -0.3 is 9.84 Å². The third-order valence-corrected chi connectivity index (χ3v) is 4.25. The molecule has 1 N–H and O–H groups in total. The first kappa shape index (κ1) is 16.3. The molecule has 1 atom stereocenters. The normalized spacial score (nSPS) is 16.9. The quantitative estimate of drug-likeness (QED) is 0.922. The van der Waals surface area contributed by atoms with Crippen LogP contribution in [-0.2, 0) is 4.79 Å². The number of halogens is 1. The molecule has 1 aliphatic rings. The highest BCUT2D eigenvalue weighted by Gasteiger charge is 2.31. The van der Waals surface area contributed by atoms with Crippen molar-refractivity contribution < 1.29 is 14.6 Å². The molecule has 2 aromatic rings. The van der Waals surface area contributed by atoms with E-state index in [4.69, 9.17) is 16.3 Å². The van der Waals surface area contributed by atoms with Gasteiger partial charge >= 0.3 is 0 Å². The van der Waals surface area contributed by atoms with Crippen molar-refractivity contribution in [3.8, 4) is 11.5 Å². The Kier molecular flexibility index (Phi) is 4.44. The summed E-state index contributed by atoms with van der Waals surface area (Å²) in [5, 5.41) is 16.5. The molecule has 2 aromatic carbocycles. The van der Waals surface area contributed by atoms with Gasteiger partial charge in [0.05, 0.1) is 18.9 Å². The van der Waals surface area contributed by atoms with E-state index in [1.54, 1.807) is 24.3 Å². The van der Waals surface area contributed by atoms with E-state index >= 15 is 0 Å². The van der Waals surface area contributed by atoms with Gasteiger partial charge in [0.15, 0.2) is 11.5 Å². The van der Waals surface area contributed by atoms with Gasteiger partial charge in [-0.15, -0.1) is 0 Å². The third kappa shape index (κ3) is 3.08. The maximum Gasteiger partial charge on any atom is 0.240 e. The van der Waals surface area contributed by atoms with Crippen molar-refractivity contribution in [1.82, 2.24) is 5.01 Å². The van der Waals surface area contributed by atoms with E-state index in [2.05, 4.69) is 5.10 Å². The van der Waals surface area contributed by atoms with Crippen LogP contribution in [0.25, 0.3) is 0 Å². The van der Waals surface area contributed by atoms with Crippen molar-refractivity contribution in [3.05, 3.63) is 58.6 Å². The Morgan fingerprint density at radius 3 is 2.58 bits per heavy atom. The maximum absolute atomic E-state index is 12.0. The van der Waals surface area contributed by atoms with Crippen LogP contribution >= 0.6 is 11.6 Å². The van der Waals surface area contributed by atoms with Gasteiger partial charge in [-0.2, -0.15) is 5.10 Å². The van der Waals surface area contributed by atoms with Gasteiger partial charge in [-0.25, -0.2) is 5.01 Å². The topological polar surface area (TPSA) is 62.1 Å². The molecule has 5 nitrogen and oxygen atoms in total. The first-order valence-corrected chi connectivity index (χ1v) is 7.87. The van der Waals surface area contributed by atoms with E-state index in [0.29, 0.717) is 17.2 Å². The summed E-state index contributed by atoms with van der Waals surface area (Å²) in [6.07, 6.45) is 0.562. The summed E-state index contributed by atoms with van der Waals surface area (Å²) >= 11 is 5.94. The molecule has 3 rings (SSSR count). The number of hydrazone groups is 1. The van der Waals surface area contributed by atoms with Crippen molar-refractivity contribution in [2.24, 2.45) is 5.10 Å². The zero-order chi connectivity index (χ0) is 17.3. The number of amides is 1. The minimum Gasteiger partial charge on any atom is -0.504 e. The Labute approximate surface area is 145 Å². The lowest BCUT2D eigenvalue weighted by Crippen LogP contribution is -2.24. The van der Waals surface area contributed by atoms with Crippen LogP contribution in [0.2, 0.25) is 5.02 Å². The third-order valence-electron chi connectivity index (χ3n) is 4.00. The van der Waals surface area contributed by atoms with Gasteiger partial charge in [0, 0.05) is 23.9 Å². The van der Waals surface area contributed by atoms with E-state index in [1.807, 2.05) is 18.2 Å². The van der Waals surface area contributed by atoms with Crippen LogP contribution in [0.3, 0.4) is 0 Å². The Morgan fingerprint density at radius 2 is 2.00 bits per heavy atom. The lowest BCUT2D eigenvalue weighted by Gasteiger charge is -2.20. The summed E-state index contributed by atoms with van der Waals surface area (Å²) in [6.45, 7) is 1.49. The van der Waals surface area contributed by atoms with E-state index < -0.39 is 0 Å². The van der Waals surface area contributed by atoms with Crippen molar-refractivity contribution in [3.63, 3.8) is 0 Å². The maximum atomic E-state index is 12.0. The van der Waals surface area contributed by atoms with Crippen LogP contribution in [0.4, 0.5) is 0 Å². The van der Waals surface area contributed by atoms with E-state index in [-0.39, 0.29) is 17.7 Å². The minimum absolute atomic E-state index is 0.0435. The zero-order valence-electron chi connectivity index (χ0n) is 13.4. The number of ether oxygens (including phenoxy) is 1. The minimum atomic E-state index is -0.181. The SMILES string of the molecule is COc1ccc(C2=NN(C(C)=O)[C@@H](c3ccc(Cl)cc3)C2)cc1O. The molecule has 1 amide bonds. The monoisotopic (exact) mass is 344 g/mol. The van der Waals surface area contributed by atoms with Crippen LogP contribution in [0.5, 0.6) is 11.5 Å². The number of phenolic OH excluding ortho intramolecular Hbond substituents is 1. The number of methoxy groups -OCH3 is 1. The number of carbonyl (C=O) groups excluding carboxylic acids is 1. The van der Waals surface area contributed by atoms with Crippen LogP contribution in [0.1, 0.15) is 30.5 Å². The molecule has 1 aliphatic heterocycles. The molecule has 0 saturated heterocycles. The molecule has 0 bridgehead atoms. The fourth-order valence-corrected chi connectivity index (χ4v) is 2.92. The molecule has 0 aliphatic carbocycles. The highest BCUT2D eigenvalue weighted by molar-refractivity contribution is 6.30. The number of benzene rings is 2. The van der Waals surface area contributed by atoms with Crippen molar-refractivity contribution in [2.45, 2.75) is 19.4 Å². The summed E-state index contributed by atoms with van der Waals surface area (Å²) < 4.78 is 5.06. The number of carbonyl (C=O) groups is 1. The van der Waals surface area contributed by atoms with Gasteiger partial charge in [-0.05, 0) is 35.9 Å². The number of hydrogen-bond donors (Lipinski definition) is 1. The molecule has 0 unspecified atom stereocenters. The molecule has 0 saturated carbocycles. The smallest absolute Gasteiger partial charge is 0.240 e. The predicted molar refractivity (Wildman–Crippen MR) is 92.5 cm³/mol. The molecule has 0 fully saturated rings. The Balaban J connectivity index is 1.93. The van der Waals surface area contributed by atoms with Crippen molar-refractivity contribution >= 4 is 23.2 Å². The van der Waals surface area contributed by atoms with E-state index in [9.17, 15) is 9.90 Å². The molecule has 0 aromatic heterocycles. The fraction of sp³-hybridized carbons (Fsp3) is 0.222. The molecule has 6 heteroatoms. The van der Waals surface area contributed by atoms with Crippen LogP contribution in [0, 0.1) is 0 Å². The molecule has 24 heavy (non-hydrogen) atoms. The average Bonchev–Trinajstić information content (AvgIpc) is 3.01. The van der Waals surface area contributed by atoms with Crippen LogP contribution in [-0.4, -0.2) is 28.8 Å². The average molecular weight is 345 g/mol. The summed E-state index contributed by atoms with van der Waals surface area (Å²) in [5.41, 5.74) is 2.46. The lowest BCUT2D eigenvalue weighted by molar-refractivity contribution is -0.130. The summed E-state index contributed by atoms with van der Waals surface area (Å²) in [7, 11) is 1.50. The lowest BCUT2D eigenvalue weighted by atomic mass is 9.98. The Morgan fingerprint density at radius 1 is 1.29 bits per heavy atom. The molecular formula is C18H17ClN2O3. The molecular weight excluding hydrogens is 328 g/mol. The van der Waals surface area contributed by atoms with Gasteiger partial charge in [0.25, 0.3) is 0 Å². The fourth-order valence-electron chi connectivity index (χ4n) is 2.79. The number of rotatable bonds is 3. The summed E-state index contributed by atoms with van der Waals surface area (Å²) in [6, 6.07) is 12.3. The van der Waals surface area contributed by atoms with Crippen LogP contribution < -0.4 is 4.74 Å². The molecule has 0 radical (unpaired) electrons. The second-order valence-corrected chi connectivity index (χ2v) is 6.00. The summed E-state index contributed by atoms with van der Waals surface area (Å²) in [4.78, 5) is 12.0. The summed E-state index contributed by atoms with van der Waals surface area (Å²) in [5.74, 6) is 0.305. The first-order valence-electron chi connectivity index (χ1n) is 7.49. The second-order valence-electron chi connectivity index (χ2n) is 5.57. The van der Waals surface area contributed by atoms with Gasteiger partial charge in [0.2, 0.25) is 5.91 Å². The molecule has 124 valence electrons. The largest absolute Gasteiger partial charge is 0.504 e. The number of nitrogens with zero attached hydrogens (tertiary/aromatic N) is 2. The Bertz CT molecular complexity index is 802. The number of phenols is 1. The van der Waals surface area contributed by atoms with E-state index in [0.717, 1.165) is 16.8 Å². The van der Waals surface area contributed by atoms with Crippen molar-refractivity contribution in [1.29, 1.82) is 0 Å².